The average Bonchev–Trinajstić information content (AvgIpc) is 3.00. The summed E-state index contributed by atoms with van der Waals surface area (Å²) in [6, 6.07) is 3.78. The number of amides is 1. The summed E-state index contributed by atoms with van der Waals surface area (Å²) in [7, 11) is 1.78. The Labute approximate surface area is 108 Å². The number of carbonyl (C=O) groups excluding carboxylic acids is 1. The summed E-state index contributed by atoms with van der Waals surface area (Å²) in [5.41, 5.74) is 1.34. The van der Waals surface area contributed by atoms with Gasteiger partial charge in [-0.3, -0.25) is 4.79 Å². The van der Waals surface area contributed by atoms with Crippen LogP contribution >= 0.6 is 27.5 Å². The molecule has 1 aromatic rings. The average molecular weight is 304 g/mol. The number of halogens is 2. The Morgan fingerprint density at radius 2 is 2.19 bits per heavy atom. The zero-order valence-electron chi connectivity index (χ0n) is 8.81. The first-order chi connectivity index (χ1) is 7.61. The number of carbonyl (C=O) groups is 1. The summed E-state index contributed by atoms with van der Waals surface area (Å²) < 4.78 is 0.795. The molecule has 1 aromatic carbocycles. The van der Waals surface area contributed by atoms with Gasteiger partial charge in [-0.2, -0.15) is 0 Å². The monoisotopic (exact) mass is 302 g/mol. The van der Waals surface area contributed by atoms with E-state index in [1.807, 2.05) is 0 Å². The van der Waals surface area contributed by atoms with Crippen molar-refractivity contribution in [2.75, 3.05) is 12.4 Å². The van der Waals surface area contributed by atoms with Gasteiger partial charge in [0.25, 0.3) is 5.91 Å². The molecule has 0 aliphatic heterocycles. The highest BCUT2D eigenvalue weighted by Crippen LogP contribution is 2.31. The summed E-state index contributed by atoms with van der Waals surface area (Å²) in [5, 5.41) is 6.49. The van der Waals surface area contributed by atoms with Crippen LogP contribution in [0.25, 0.3) is 0 Å². The molecular weight excluding hydrogens is 291 g/mol. The molecule has 1 saturated carbocycles. The van der Waals surface area contributed by atoms with Crippen molar-refractivity contribution < 1.29 is 4.79 Å². The smallest absolute Gasteiger partial charge is 0.253 e. The molecule has 0 spiro atoms. The Balaban J connectivity index is 2.32. The van der Waals surface area contributed by atoms with Gasteiger partial charge in [0.1, 0.15) is 0 Å². The van der Waals surface area contributed by atoms with Crippen LogP contribution < -0.4 is 10.6 Å². The van der Waals surface area contributed by atoms with Gasteiger partial charge in [0.2, 0.25) is 0 Å². The molecule has 2 N–H and O–H groups in total. The molecule has 0 unspecified atom stereocenters. The van der Waals surface area contributed by atoms with Crippen molar-refractivity contribution in [3.05, 3.63) is 27.2 Å². The number of anilines is 1. The molecule has 5 heteroatoms. The lowest BCUT2D eigenvalue weighted by Gasteiger charge is -2.11. The van der Waals surface area contributed by atoms with E-state index in [4.69, 9.17) is 11.6 Å². The van der Waals surface area contributed by atoms with Crippen molar-refractivity contribution >= 4 is 39.1 Å². The summed E-state index contributed by atoms with van der Waals surface area (Å²) >= 11 is 9.32. The molecule has 0 atom stereocenters. The van der Waals surface area contributed by atoms with Gasteiger partial charge in [-0.15, -0.1) is 0 Å². The van der Waals surface area contributed by atoms with E-state index in [-0.39, 0.29) is 5.91 Å². The van der Waals surface area contributed by atoms with E-state index >= 15 is 0 Å². The van der Waals surface area contributed by atoms with Gasteiger partial charge in [-0.1, -0.05) is 11.6 Å². The normalized spacial score (nSPS) is 14.7. The van der Waals surface area contributed by atoms with Crippen molar-refractivity contribution in [1.29, 1.82) is 0 Å². The van der Waals surface area contributed by atoms with Crippen LogP contribution in [-0.2, 0) is 0 Å². The lowest BCUT2D eigenvalue weighted by Crippen LogP contribution is -2.26. The standard InChI is InChI=1S/C11H12BrClN2O/c1-14-10-8(4-6(13)5-9(10)12)11(16)15-7-2-3-7/h4-5,7,14H,2-3H2,1H3,(H,15,16). The summed E-state index contributed by atoms with van der Waals surface area (Å²) in [6.45, 7) is 0. The molecule has 0 saturated heterocycles. The first kappa shape index (κ1) is 11.7. The predicted octanol–water partition coefficient (Wildman–Crippen LogP) is 3.04. The molecule has 0 heterocycles. The van der Waals surface area contributed by atoms with E-state index in [1.54, 1.807) is 19.2 Å². The van der Waals surface area contributed by atoms with Gasteiger partial charge in [0.15, 0.2) is 0 Å². The highest BCUT2D eigenvalue weighted by Gasteiger charge is 2.25. The van der Waals surface area contributed by atoms with Crippen molar-refractivity contribution in [2.45, 2.75) is 18.9 Å². The van der Waals surface area contributed by atoms with Gasteiger partial charge in [0.05, 0.1) is 11.3 Å². The Bertz CT molecular complexity index is 432. The lowest BCUT2D eigenvalue weighted by atomic mass is 10.1. The fourth-order valence-corrected chi connectivity index (χ4v) is 2.51. The maximum Gasteiger partial charge on any atom is 0.253 e. The van der Waals surface area contributed by atoms with Crippen LogP contribution in [0.4, 0.5) is 5.69 Å². The summed E-state index contributed by atoms with van der Waals surface area (Å²) in [6.07, 6.45) is 2.14. The maximum absolute atomic E-state index is 11.9. The highest BCUT2D eigenvalue weighted by molar-refractivity contribution is 9.10. The van der Waals surface area contributed by atoms with Crippen molar-refractivity contribution in [3.8, 4) is 0 Å². The van der Waals surface area contributed by atoms with E-state index in [0.29, 0.717) is 16.6 Å². The summed E-state index contributed by atoms with van der Waals surface area (Å²) in [4.78, 5) is 11.9. The van der Waals surface area contributed by atoms with Crippen LogP contribution in [0.2, 0.25) is 5.02 Å². The van der Waals surface area contributed by atoms with E-state index in [2.05, 4.69) is 26.6 Å². The van der Waals surface area contributed by atoms with E-state index in [1.165, 1.54) is 0 Å². The molecule has 3 nitrogen and oxygen atoms in total. The molecular formula is C11H12BrClN2O. The fourth-order valence-electron chi connectivity index (χ4n) is 1.50. The van der Waals surface area contributed by atoms with Gasteiger partial charge in [-0.05, 0) is 40.9 Å². The van der Waals surface area contributed by atoms with Crippen LogP contribution in [-0.4, -0.2) is 19.0 Å². The quantitative estimate of drug-likeness (QED) is 0.901. The van der Waals surface area contributed by atoms with Crippen LogP contribution in [0.15, 0.2) is 16.6 Å². The predicted molar refractivity (Wildman–Crippen MR) is 69.2 cm³/mol. The summed E-state index contributed by atoms with van der Waals surface area (Å²) in [5.74, 6) is -0.0740. The van der Waals surface area contributed by atoms with Gasteiger partial charge in [-0.25, -0.2) is 0 Å². The van der Waals surface area contributed by atoms with E-state index < -0.39 is 0 Å². The molecule has 1 fully saturated rings. The molecule has 1 aliphatic rings. The second-order valence-electron chi connectivity index (χ2n) is 3.81. The van der Waals surface area contributed by atoms with Gasteiger partial charge in [0, 0.05) is 22.6 Å². The molecule has 0 aromatic heterocycles. The second kappa shape index (κ2) is 4.63. The SMILES string of the molecule is CNc1c(Br)cc(Cl)cc1C(=O)NC1CC1. The molecule has 1 aliphatic carbocycles. The Morgan fingerprint density at radius 1 is 1.50 bits per heavy atom. The third kappa shape index (κ3) is 2.50. The van der Waals surface area contributed by atoms with Crippen LogP contribution in [0.1, 0.15) is 23.2 Å². The number of hydrogen-bond donors (Lipinski definition) is 2. The first-order valence-electron chi connectivity index (χ1n) is 5.09. The number of rotatable bonds is 3. The molecule has 16 heavy (non-hydrogen) atoms. The Morgan fingerprint density at radius 3 is 2.75 bits per heavy atom. The molecule has 0 radical (unpaired) electrons. The topological polar surface area (TPSA) is 41.1 Å². The zero-order valence-corrected chi connectivity index (χ0v) is 11.2. The lowest BCUT2D eigenvalue weighted by molar-refractivity contribution is 0.0952. The third-order valence-electron chi connectivity index (χ3n) is 2.46. The third-order valence-corrected chi connectivity index (χ3v) is 3.31. The van der Waals surface area contributed by atoms with Crippen molar-refractivity contribution in [1.82, 2.24) is 5.32 Å². The number of nitrogens with one attached hydrogen (secondary N) is 2. The number of hydrogen-bond acceptors (Lipinski definition) is 2. The van der Waals surface area contributed by atoms with E-state index in [9.17, 15) is 4.79 Å². The Hall–Kier alpha value is -0.740. The van der Waals surface area contributed by atoms with Crippen molar-refractivity contribution in [3.63, 3.8) is 0 Å². The zero-order chi connectivity index (χ0) is 11.7. The minimum atomic E-state index is -0.0740. The largest absolute Gasteiger partial charge is 0.387 e. The highest BCUT2D eigenvalue weighted by atomic mass is 79.9. The van der Waals surface area contributed by atoms with E-state index in [0.717, 1.165) is 23.0 Å². The molecule has 0 bridgehead atoms. The minimum Gasteiger partial charge on any atom is -0.387 e. The van der Waals surface area contributed by atoms with Crippen LogP contribution in [0.5, 0.6) is 0 Å². The second-order valence-corrected chi connectivity index (χ2v) is 5.10. The molecule has 1 amide bonds. The first-order valence-corrected chi connectivity index (χ1v) is 6.26. The van der Waals surface area contributed by atoms with Gasteiger partial charge >= 0.3 is 0 Å². The Kier molecular flexibility index (Phi) is 3.40. The minimum absolute atomic E-state index is 0.0740. The van der Waals surface area contributed by atoms with Crippen LogP contribution in [0.3, 0.4) is 0 Å². The molecule has 86 valence electrons. The maximum atomic E-state index is 11.9. The fraction of sp³-hybridized carbons (Fsp3) is 0.364. The molecule has 2 rings (SSSR count). The van der Waals surface area contributed by atoms with Crippen LogP contribution in [0, 0.1) is 0 Å². The van der Waals surface area contributed by atoms with Gasteiger partial charge < -0.3 is 10.6 Å². The number of benzene rings is 1. The van der Waals surface area contributed by atoms with Crippen molar-refractivity contribution in [2.24, 2.45) is 0 Å².